The van der Waals surface area contributed by atoms with E-state index >= 15 is 0 Å². The third-order valence-electron chi connectivity index (χ3n) is 3.99. The molecular formula is C14H23N3O2. The van der Waals surface area contributed by atoms with Gasteiger partial charge in [0.25, 0.3) is 0 Å². The molecule has 0 spiro atoms. The van der Waals surface area contributed by atoms with E-state index in [0.717, 1.165) is 42.8 Å². The van der Waals surface area contributed by atoms with E-state index in [-0.39, 0.29) is 11.9 Å². The summed E-state index contributed by atoms with van der Waals surface area (Å²) in [5.41, 5.74) is 1.37. The number of rotatable bonds is 3. The zero-order chi connectivity index (χ0) is 14.0. The second-order valence-electron chi connectivity index (χ2n) is 5.65. The van der Waals surface area contributed by atoms with Gasteiger partial charge in [0.05, 0.1) is 17.3 Å². The standard InChI is InChI=1S/C14H23N3O2/c1-9(12-10(2)17-19-11(12)3)16-13(18)14(4)7-5-6-8-15-14/h9,15H,5-8H2,1-4H3,(H,16,18). The molecule has 2 atom stereocenters. The van der Waals surface area contributed by atoms with Crippen molar-refractivity contribution in [2.75, 3.05) is 6.54 Å². The summed E-state index contributed by atoms with van der Waals surface area (Å²) in [6, 6.07) is -0.0840. The minimum atomic E-state index is -0.453. The number of nitrogens with one attached hydrogen (secondary N) is 2. The number of carbonyl (C=O) groups is 1. The molecule has 1 aliphatic heterocycles. The summed E-state index contributed by atoms with van der Waals surface area (Å²) in [5.74, 6) is 0.826. The van der Waals surface area contributed by atoms with E-state index in [1.807, 2.05) is 27.7 Å². The minimum Gasteiger partial charge on any atom is -0.361 e. The molecule has 0 saturated carbocycles. The molecule has 2 heterocycles. The first kappa shape index (κ1) is 14.1. The number of nitrogens with zero attached hydrogens (tertiary/aromatic N) is 1. The Labute approximate surface area is 114 Å². The lowest BCUT2D eigenvalue weighted by Crippen LogP contribution is -2.57. The SMILES string of the molecule is Cc1noc(C)c1C(C)NC(=O)C1(C)CCCCN1. The third kappa shape index (κ3) is 2.81. The highest BCUT2D eigenvalue weighted by molar-refractivity contribution is 5.86. The Morgan fingerprint density at radius 1 is 1.47 bits per heavy atom. The molecule has 2 rings (SSSR count). The van der Waals surface area contributed by atoms with Gasteiger partial charge in [-0.1, -0.05) is 5.16 Å². The molecule has 0 radical (unpaired) electrons. The first-order chi connectivity index (χ1) is 8.94. The molecule has 1 aromatic rings. The maximum Gasteiger partial charge on any atom is 0.240 e. The Kier molecular flexibility index (Phi) is 3.94. The first-order valence-corrected chi connectivity index (χ1v) is 6.93. The predicted molar refractivity (Wildman–Crippen MR) is 72.8 cm³/mol. The predicted octanol–water partition coefficient (Wildman–Crippen LogP) is 2.00. The average molecular weight is 265 g/mol. The van der Waals surface area contributed by atoms with Crippen LogP contribution in [0.4, 0.5) is 0 Å². The van der Waals surface area contributed by atoms with Crippen molar-refractivity contribution in [2.24, 2.45) is 0 Å². The fraction of sp³-hybridized carbons (Fsp3) is 0.714. The van der Waals surface area contributed by atoms with Crippen molar-refractivity contribution >= 4 is 5.91 Å². The molecule has 1 aromatic heterocycles. The molecule has 1 saturated heterocycles. The van der Waals surface area contributed by atoms with Gasteiger partial charge in [0.1, 0.15) is 5.76 Å². The van der Waals surface area contributed by atoms with Crippen molar-refractivity contribution in [3.05, 3.63) is 17.0 Å². The summed E-state index contributed by atoms with van der Waals surface area (Å²) in [6.07, 6.45) is 3.12. The van der Waals surface area contributed by atoms with Crippen LogP contribution in [0.15, 0.2) is 4.52 Å². The van der Waals surface area contributed by atoms with Crippen LogP contribution in [0.1, 0.15) is 56.2 Å². The van der Waals surface area contributed by atoms with E-state index in [1.165, 1.54) is 0 Å². The van der Waals surface area contributed by atoms with Crippen LogP contribution in [0.5, 0.6) is 0 Å². The van der Waals surface area contributed by atoms with Crippen LogP contribution in [0.2, 0.25) is 0 Å². The van der Waals surface area contributed by atoms with Crippen molar-refractivity contribution in [1.82, 2.24) is 15.8 Å². The summed E-state index contributed by atoms with van der Waals surface area (Å²) < 4.78 is 5.15. The normalized spacial score (nSPS) is 25.1. The number of carbonyl (C=O) groups excluding carboxylic acids is 1. The van der Waals surface area contributed by atoms with E-state index < -0.39 is 5.54 Å². The van der Waals surface area contributed by atoms with Gasteiger partial charge in [-0.2, -0.15) is 0 Å². The number of hydrogen-bond donors (Lipinski definition) is 2. The molecule has 5 heteroatoms. The van der Waals surface area contributed by atoms with Gasteiger partial charge in [0, 0.05) is 5.56 Å². The Bertz CT molecular complexity index is 442. The van der Waals surface area contributed by atoms with Crippen LogP contribution in [0.3, 0.4) is 0 Å². The highest BCUT2D eigenvalue weighted by Crippen LogP contribution is 2.24. The molecule has 1 fully saturated rings. The molecule has 1 amide bonds. The monoisotopic (exact) mass is 265 g/mol. The van der Waals surface area contributed by atoms with Gasteiger partial charge in [-0.15, -0.1) is 0 Å². The molecule has 0 aromatic carbocycles. The Morgan fingerprint density at radius 2 is 2.21 bits per heavy atom. The van der Waals surface area contributed by atoms with Gasteiger partial charge in [-0.3, -0.25) is 4.79 Å². The Hall–Kier alpha value is -1.36. The largest absolute Gasteiger partial charge is 0.361 e. The highest BCUT2D eigenvalue weighted by atomic mass is 16.5. The van der Waals surface area contributed by atoms with Crippen molar-refractivity contribution in [1.29, 1.82) is 0 Å². The molecule has 0 aliphatic carbocycles. The van der Waals surface area contributed by atoms with Crippen molar-refractivity contribution in [3.8, 4) is 0 Å². The Balaban J connectivity index is 2.06. The van der Waals surface area contributed by atoms with Crippen molar-refractivity contribution < 1.29 is 9.32 Å². The van der Waals surface area contributed by atoms with Crippen LogP contribution >= 0.6 is 0 Å². The van der Waals surface area contributed by atoms with Gasteiger partial charge in [0.2, 0.25) is 5.91 Å². The lowest BCUT2D eigenvalue weighted by Gasteiger charge is -2.34. The maximum absolute atomic E-state index is 12.4. The van der Waals surface area contributed by atoms with Gasteiger partial charge in [0.15, 0.2) is 0 Å². The summed E-state index contributed by atoms with van der Waals surface area (Å²) in [4.78, 5) is 12.4. The van der Waals surface area contributed by atoms with E-state index in [9.17, 15) is 4.79 Å². The number of aryl methyl sites for hydroxylation is 2. The number of hydrogen-bond acceptors (Lipinski definition) is 4. The zero-order valence-electron chi connectivity index (χ0n) is 12.2. The fourth-order valence-electron chi connectivity index (χ4n) is 2.79. The number of aromatic nitrogens is 1. The third-order valence-corrected chi connectivity index (χ3v) is 3.99. The highest BCUT2D eigenvalue weighted by Gasteiger charge is 2.35. The Morgan fingerprint density at radius 3 is 2.74 bits per heavy atom. The summed E-state index contributed by atoms with van der Waals surface area (Å²) in [7, 11) is 0. The quantitative estimate of drug-likeness (QED) is 0.877. The maximum atomic E-state index is 12.4. The van der Waals surface area contributed by atoms with Gasteiger partial charge >= 0.3 is 0 Å². The van der Waals surface area contributed by atoms with Gasteiger partial charge in [-0.05, 0) is 53.5 Å². The van der Waals surface area contributed by atoms with E-state index in [4.69, 9.17) is 4.52 Å². The lowest BCUT2D eigenvalue weighted by atomic mass is 9.89. The molecule has 2 unspecified atom stereocenters. The second-order valence-corrected chi connectivity index (χ2v) is 5.65. The number of amides is 1. The summed E-state index contributed by atoms with van der Waals surface area (Å²) >= 11 is 0. The fourth-order valence-corrected chi connectivity index (χ4v) is 2.79. The average Bonchev–Trinajstić information content (AvgIpc) is 2.70. The molecular weight excluding hydrogens is 242 g/mol. The smallest absolute Gasteiger partial charge is 0.240 e. The van der Waals surface area contributed by atoms with E-state index in [2.05, 4.69) is 15.8 Å². The summed E-state index contributed by atoms with van der Waals surface area (Å²) in [5, 5.41) is 10.3. The molecule has 106 valence electrons. The molecule has 19 heavy (non-hydrogen) atoms. The topological polar surface area (TPSA) is 67.2 Å². The lowest BCUT2D eigenvalue weighted by molar-refractivity contribution is -0.128. The van der Waals surface area contributed by atoms with Crippen LogP contribution in [-0.4, -0.2) is 23.1 Å². The molecule has 5 nitrogen and oxygen atoms in total. The first-order valence-electron chi connectivity index (χ1n) is 6.93. The van der Waals surface area contributed by atoms with E-state index in [1.54, 1.807) is 0 Å². The van der Waals surface area contributed by atoms with Gasteiger partial charge in [-0.25, -0.2) is 0 Å². The van der Waals surface area contributed by atoms with Crippen LogP contribution in [-0.2, 0) is 4.79 Å². The zero-order valence-corrected chi connectivity index (χ0v) is 12.2. The van der Waals surface area contributed by atoms with Crippen molar-refractivity contribution in [3.63, 3.8) is 0 Å². The molecule has 2 N–H and O–H groups in total. The van der Waals surface area contributed by atoms with Crippen LogP contribution in [0.25, 0.3) is 0 Å². The van der Waals surface area contributed by atoms with Gasteiger partial charge < -0.3 is 15.2 Å². The van der Waals surface area contributed by atoms with Crippen LogP contribution in [0, 0.1) is 13.8 Å². The molecule has 0 bridgehead atoms. The second kappa shape index (κ2) is 5.33. The number of piperidine rings is 1. The van der Waals surface area contributed by atoms with E-state index in [0.29, 0.717) is 0 Å². The van der Waals surface area contributed by atoms with Crippen molar-refractivity contribution in [2.45, 2.75) is 58.5 Å². The minimum absolute atomic E-state index is 0.0553. The molecule has 1 aliphatic rings. The summed E-state index contributed by atoms with van der Waals surface area (Å²) in [6.45, 7) is 8.62. The van der Waals surface area contributed by atoms with Crippen LogP contribution < -0.4 is 10.6 Å².